The monoisotopic (exact) mass is 286 g/mol. The molecule has 0 aromatic heterocycles. The molecule has 0 radical (unpaired) electrons. The molecule has 116 valence electrons. The van der Waals surface area contributed by atoms with Gasteiger partial charge in [0.25, 0.3) is 0 Å². The summed E-state index contributed by atoms with van der Waals surface area (Å²) in [6.07, 6.45) is 10.9. The molecule has 1 saturated carbocycles. The summed E-state index contributed by atoms with van der Waals surface area (Å²) in [5.74, 6) is 0.929. The second-order valence-corrected chi connectivity index (χ2v) is 6.93. The maximum atomic E-state index is 6.14. The number of nitrogens with two attached hydrogens (primary N) is 1. The Labute approximate surface area is 129 Å². The van der Waals surface area contributed by atoms with Gasteiger partial charge in [-0.3, -0.25) is 4.90 Å². The molecule has 1 aromatic carbocycles. The number of nitrogens with zero attached hydrogens (tertiary/aromatic N) is 1. The van der Waals surface area contributed by atoms with Gasteiger partial charge in [0, 0.05) is 25.7 Å². The molecular weight excluding hydrogens is 256 g/mol. The predicted molar refractivity (Wildman–Crippen MR) is 89.5 cm³/mol. The Morgan fingerprint density at radius 2 is 1.62 bits per heavy atom. The van der Waals surface area contributed by atoms with Gasteiger partial charge in [0.05, 0.1) is 0 Å². The van der Waals surface area contributed by atoms with Crippen LogP contribution in [0.5, 0.6) is 0 Å². The van der Waals surface area contributed by atoms with Gasteiger partial charge in [-0.05, 0) is 36.3 Å². The Kier molecular flexibility index (Phi) is 5.32. The number of benzene rings is 1. The average molecular weight is 286 g/mol. The quantitative estimate of drug-likeness (QED) is 0.919. The Morgan fingerprint density at radius 1 is 1.00 bits per heavy atom. The van der Waals surface area contributed by atoms with Crippen LogP contribution in [0.25, 0.3) is 0 Å². The molecule has 1 aromatic rings. The number of hydrogen-bond donors (Lipinski definition) is 1. The fourth-order valence-corrected chi connectivity index (χ4v) is 4.25. The van der Waals surface area contributed by atoms with Crippen LogP contribution in [0.3, 0.4) is 0 Å². The van der Waals surface area contributed by atoms with Crippen molar-refractivity contribution < 1.29 is 0 Å². The second-order valence-electron chi connectivity index (χ2n) is 6.93. The van der Waals surface area contributed by atoms with E-state index in [-0.39, 0.29) is 0 Å². The number of rotatable bonds is 4. The van der Waals surface area contributed by atoms with Gasteiger partial charge in [0.2, 0.25) is 0 Å². The van der Waals surface area contributed by atoms with Crippen molar-refractivity contribution in [3.05, 3.63) is 35.4 Å². The van der Waals surface area contributed by atoms with Crippen molar-refractivity contribution in [3.8, 4) is 0 Å². The van der Waals surface area contributed by atoms with E-state index >= 15 is 0 Å². The van der Waals surface area contributed by atoms with E-state index in [2.05, 4.69) is 29.2 Å². The second kappa shape index (κ2) is 7.42. The van der Waals surface area contributed by atoms with E-state index in [1.165, 1.54) is 64.5 Å². The lowest BCUT2D eigenvalue weighted by molar-refractivity contribution is 0.166. The van der Waals surface area contributed by atoms with Crippen molar-refractivity contribution >= 4 is 0 Å². The van der Waals surface area contributed by atoms with Crippen LogP contribution in [0.2, 0.25) is 0 Å². The van der Waals surface area contributed by atoms with Crippen LogP contribution >= 0.6 is 0 Å². The predicted octanol–water partition coefficient (Wildman–Crippen LogP) is 3.38. The molecule has 0 bridgehead atoms. The molecule has 2 N–H and O–H groups in total. The molecule has 0 spiro atoms. The fourth-order valence-electron chi connectivity index (χ4n) is 4.25. The lowest BCUT2D eigenvalue weighted by Crippen LogP contribution is -2.43. The highest BCUT2D eigenvalue weighted by molar-refractivity contribution is 5.28. The van der Waals surface area contributed by atoms with E-state index < -0.39 is 0 Å². The summed E-state index contributed by atoms with van der Waals surface area (Å²) in [5.41, 5.74) is 9.23. The molecule has 3 rings (SSSR count). The summed E-state index contributed by atoms with van der Waals surface area (Å²) in [4.78, 5) is 2.68. The lowest BCUT2D eigenvalue weighted by Gasteiger charge is -2.33. The van der Waals surface area contributed by atoms with Crippen molar-refractivity contribution in [1.29, 1.82) is 0 Å². The smallest absolute Gasteiger partial charge is 0.0221 e. The highest BCUT2D eigenvalue weighted by Gasteiger charge is 2.24. The zero-order valence-electron chi connectivity index (χ0n) is 13.3. The van der Waals surface area contributed by atoms with Gasteiger partial charge in [-0.15, -0.1) is 0 Å². The Hall–Kier alpha value is -0.860. The number of hydrogen-bond acceptors (Lipinski definition) is 2. The van der Waals surface area contributed by atoms with E-state index in [0.717, 1.165) is 12.5 Å². The first-order chi connectivity index (χ1) is 10.4. The van der Waals surface area contributed by atoms with Gasteiger partial charge < -0.3 is 5.73 Å². The minimum absolute atomic E-state index is 0.599. The minimum atomic E-state index is 0.599. The highest BCUT2D eigenvalue weighted by atomic mass is 15.2. The van der Waals surface area contributed by atoms with Crippen LogP contribution in [0.4, 0.5) is 0 Å². The lowest BCUT2D eigenvalue weighted by atomic mass is 9.84. The first-order valence-corrected chi connectivity index (χ1v) is 8.87. The van der Waals surface area contributed by atoms with E-state index in [9.17, 15) is 0 Å². The SMILES string of the molecule is NCC(CC1CCCCC1)N1CCc2ccccc2CC1. The number of fused-ring (bicyclic) bond motifs is 1. The molecule has 1 unspecified atom stereocenters. The minimum Gasteiger partial charge on any atom is -0.329 e. The van der Waals surface area contributed by atoms with Crippen molar-refractivity contribution in [2.75, 3.05) is 19.6 Å². The van der Waals surface area contributed by atoms with Gasteiger partial charge in [-0.1, -0.05) is 56.4 Å². The van der Waals surface area contributed by atoms with Gasteiger partial charge in [0.1, 0.15) is 0 Å². The molecule has 2 heteroatoms. The third-order valence-electron chi connectivity index (χ3n) is 5.57. The molecule has 2 aliphatic rings. The molecule has 1 aliphatic heterocycles. The summed E-state index contributed by atoms with van der Waals surface area (Å²) >= 11 is 0. The Balaban J connectivity index is 1.60. The Bertz CT molecular complexity index is 410. The first kappa shape index (κ1) is 15.1. The zero-order chi connectivity index (χ0) is 14.5. The first-order valence-electron chi connectivity index (χ1n) is 8.87. The van der Waals surface area contributed by atoms with Crippen molar-refractivity contribution in [1.82, 2.24) is 4.90 Å². The Morgan fingerprint density at radius 3 is 2.19 bits per heavy atom. The van der Waals surface area contributed by atoms with Gasteiger partial charge in [-0.25, -0.2) is 0 Å². The van der Waals surface area contributed by atoms with Gasteiger partial charge in [-0.2, -0.15) is 0 Å². The van der Waals surface area contributed by atoms with Crippen molar-refractivity contribution in [2.24, 2.45) is 11.7 Å². The zero-order valence-corrected chi connectivity index (χ0v) is 13.3. The highest BCUT2D eigenvalue weighted by Crippen LogP contribution is 2.29. The molecule has 1 heterocycles. The molecule has 1 fully saturated rings. The van der Waals surface area contributed by atoms with Crippen LogP contribution in [0.15, 0.2) is 24.3 Å². The molecule has 2 nitrogen and oxygen atoms in total. The van der Waals surface area contributed by atoms with Crippen LogP contribution in [-0.4, -0.2) is 30.6 Å². The summed E-state index contributed by atoms with van der Waals surface area (Å²) < 4.78 is 0. The summed E-state index contributed by atoms with van der Waals surface area (Å²) in [5, 5.41) is 0. The van der Waals surface area contributed by atoms with E-state index in [0.29, 0.717) is 6.04 Å². The maximum absolute atomic E-state index is 6.14. The molecule has 0 saturated heterocycles. The van der Waals surface area contributed by atoms with Crippen molar-refractivity contribution in [2.45, 2.75) is 57.4 Å². The van der Waals surface area contributed by atoms with Crippen LogP contribution in [-0.2, 0) is 12.8 Å². The summed E-state index contributed by atoms with van der Waals surface area (Å²) in [7, 11) is 0. The average Bonchev–Trinajstić information content (AvgIpc) is 2.76. The molecular formula is C19H30N2. The van der Waals surface area contributed by atoms with E-state index in [4.69, 9.17) is 5.73 Å². The van der Waals surface area contributed by atoms with E-state index in [1.807, 2.05) is 0 Å². The van der Waals surface area contributed by atoms with Gasteiger partial charge in [0.15, 0.2) is 0 Å². The van der Waals surface area contributed by atoms with Gasteiger partial charge >= 0.3 is 0 Å². The summed E-state index contributed by atoms with van der Waals surface area (Å²) in [6, 6.07) is 9.56. The van der Waals surface area contributed by atoms with E-state index in [1.54, 1.807) is 11.1 Å². The van der Waals surface area contributed by atoms with Crippen LogP contribution < -0.4 is 5.73 Å². The third kappa shape index (κ3) is 3.87. The topological polar surface area (TPSA) is 29.3 Å². The molecule has 21 heavy (non-hydrogen) atoms. The summed E-state index contributed by atoms with van der Waals surface area (Å²) in [6.45, 7) is 3.20. The fraction of sp³-hybridized carbons (Fsp3) is 0.684. The largest absolute Gasteiger partial charge is 0.329 e. The maximum Gasteiger partial charge on any atom is 0.0221 e. The van der Waals surface area contributed by atoms with Crippen molar-refractivity contribution in [3.63, 3.8) is 0 Å². The normalized spacial score (nSPS) is 22.5. The van der Waals surface area contributed by atoms with Crippen LogP contribution in [0.1, 0.15) is 49.7 Å². The molecule has 1 atom stereocenters. The third-order valence-corrected chi connectivity index (χ3v) is 5.57. The molecule has 1 aliphatic carbocycles. The molecule has 0 amide bonds. The standard InChI is InChI=1S/C19H30N2/c20-15-19(14-16-6-2-1-3-7-16)21-12-10-17-8-4-5-9-18(17)11-13-21/h4-5,8-9,16,19H,1-3,6-7,10-15,20H2. The van der Waals surface area contributed by atoms with Crippen LogP contribution in [0, 0.1) is 5.92 Å².